The molecule has 0 unspecified atom stereocenters. The Morgan fingerprint density at radius 2 is 1.87 bits per heavy atom. The molecule has 0 radical (unpaired) electrons. The molecule has 0 saturated heterocycles. The summed E-state index contributed by atoms with van der Waals surface area (Å²) in [4.78, 5) is 0. The highest BCUT2D eigenvalue weighted by Gasteiger charge is 2.02. The van der Waals surface area contributed by atoms with Crippen molar-refractivity contribution in [1.29, 1.82) is 0 Å². The van der Waals surface area contributed by atoms with E-state index >= 15 is 0 Å². The third kappa shape index (κ3) is 3.44. The van der Waals surface area contributed by atoms with Gasteiger partial charge in [-0.05, 0) is 56.7 Å². The van der Waals surface area contributed by atoms with Crippen molar-refractivity contribution in [1.82, 2.24) is 0 Å². The summed E-state index contributed by atoms with van der Waals surface area (Å²) in [6, 6.07) is 4.55. The molecular weight excluding hydrogens is 180 g/mol. The molecule has 0 atom stereocenters. The molecule has 0 saturated carbocycles. The Bertz CT molecular complexity index is 366. The third-order valence-corrected chi connectivity index (χ3v) is 2.94. The molecule has 0 amide bonds. The van der Waals surface area contributed by atoms with E-state index in [1.165, 1.54) is 28.7 Å². The number of rotatable bonds is 4. The molecular formula is C15H20. The predicted octanol–water partition coefficient (Wildman–Crippen LogP) is 3.96. The van der Waals surface area contributed by atoms with Gasteiger partial charge < -0.3 is 0 Å². The van der Waals surface area contributed by atoms with Crippen LogP contribution in [0.15, 0.2) is 12.1 Å². The summed E-state index contributed by atoms with van der Waals surface area (Å²) >= 11 is 0. The average Bonchev–Trinajstić information content (AvgIpc) is 2.19. The summed E-state index contributed by atoms with van der Waals surface area (Å²) in [7, 11) is 0. The van der Waals surface area contributed by atoms with Gasteiger partial charge in [0, 0.05) is 6.42 Å². The standard InChI is InChI=1S/C15H20/c1-5-6-7-8-9-15-11-12(2)10-13(3)14(15)4/h1,10-11H,6-9H2,2-4H3. The minimum atomic E-state index is 0.907. The number of benzene rings is 1. The van der Waals surface area contributed by atoms with Crippen molar-refractivity contribution >= 4 is 0 Å². The predicted molar refractivity (Wildman–Crippen MR) is 67.0 cm³/mol. The number of hydrogen-bond acceptors (Lipinski definition) is 0. The number of unbranched alkanes of at least 4 members (excludes halogenated alkanes) is 2. The lowest BCUT2D eigenvalue weighted by molar-refractivity contribution is 0.753. The van der Waals surface area contributed by atoms with E-state index in [1.54, 1.807) is 0 Å². The zero-order valence-corrected chi connectivity index (χ0v) is 10.1. The second-order valence-corrected chi connectivity index (χ2v) is 4.28. The minimum absolute atomic E-state index is 0.907. The third-order valence-electron chi connectivity index (χ3n) is 2.94. The molecule has 1 aromatic rings. The maximum absolute atomic E-state index is 5.24. The van der Waals surface area contributed by atoms with Crippen molar-refractivity contribution in [3.05, 3.63) is 34.4 Å². The van der Waals surface area contributed by atoms with Crippen LogP contribution in [0.5, 0.6) is 0 Å². The first-order valence-corrected chi connectivity index (χ1v) is 5.65. The highest BCUT2D eigenvalue weighted by atomic mass is 14.1. The van der Waals surface area contributed by atoms with Gasteiger partial charge in [-0.25, -0.2) is 0 Å². The number of aryl methyl sites for hydroxylation is 3. The first kappa shape index (κ1) is 11.9. The summed E-state index contributed by atoms with van der Waals surface area (Å²) in [5.41, 5.74) is 5.71. The van der Waals surface area contributed by atoms with Crippen molar-refractivity contribution in [2.24, 2.45) is 0 Å². The summed E-state index contributed by atoms with van der Waals surface area (Å²) in [6.07, 6.45) is 9.65. The summed E-state index contributed by atoms with van der Waals surface area (Å²) < 4.78 is 0. The Balaban J connectivity index is 2.65. The van der Waals surface area contributed by atoms with E-state index in [-0.39, 0.29) is 0 Å². The number of hydrogen-bond donors (Lipinski definition) is 0. The SMILES string of the molecule is C#CCCCCc1cc(C)cc(C)c1C. The maximum Gasteiger partial charge on any atom is 0.00861 e. The van der Waals surface area contributed by atoms with E-state index in [1.807, 2.05) is 0 Å². The molecule has 0 aliphatic rings. The molecule has 15 heavy (non-hydrogen) atoms. The van der Waals surface area contributed by atoms with Crippen molar-refractivity contribution < 1.29 is 0 Å². The molecule has 0 nitrogen and oxygen atoms in total. The minimum Gasteiger partial charge on any atom is -0.120 e. The smallest absolute Gasteiger partial charge is 0.00861 e. The normalized spacial score (nSPS) is 10.0. The zero-order valence-electron chi connectivity index (χ0n) is 10.1. The summed E-state index contributed by atoms with van der Waals surface area (Å²) in [5, 5.41) is 0. The van der Waals surface area contributed by atoms with Crippen LogP contribution in [0.4, 0.5) is 0 Å². The molecule has 1 aromatic carbocycles. The Labute approximate surface area is 93.7 Å². The van der Waals surface area contributed by atoms with Gasteiger partial charge in [-0.2, -0.15) is 0 Å². The molecule has 0 heteroatoms. The van der Waals surface area contributed by atoms with Crippen LogP contribution in [-0.2, 0) is 6.42 Å². The van der Waals surface area contributed by atoms with E-state index in [0.717, 1.165) is 19.3 Å². The lowest BCUT2D eigenvalue weighted by atomic mass is 9.96. The first-order chi connectivity index (χ1) is 7.15. The molecule has 0 spiro atoms. The largest absolute Gasteiger partial charge is 0.120 e. The Hall–Kier alpha value is -1.22. The van der Waals surface area contributed by atoms with E-state index in [0.29, 0.717) is 0 Å². The van der Waals surface area contributed by atoms with Crippen LogP contribution < -0.4 is 0 Å². The molecule has 0 aliphatic heterocycles. The van der Waals surface area contributed by atoms with Gasteiger partial charge in [0.1, 0.15) is 0 Å². The Morgan fingerprint density at radius 1 is 1.13 bits per heavy atom. The van der Waals surface area contributed by atoms with Crippen LogP contribution in [0.1, 0.15) is 41.5 Å². The van der Waals surface area contributed by atoms with Gasteiger partial charge in [-0.1, -0.05) is 17.7 Å². The Morgan fingerprint density at radius 3 is 2.53 bits per heavy atom. The topological polar surface area (TPSA) is 0 Å². The fourth-order valence-electron chi connectivity index (χ4n) is 1.93. The van der Waals surface area contributed by atoms with Gasteiger partial charge in [-0.3, -0.25) is 0 Å². The van der Waals surface area contributed by atoms with Crippen LogP contribution in [0.25, 0.3) is 0 Å². The van der Waals surface area contributed by atoms with Crippen LogP contribution in [0, 0.1) is 33.1 Å². The van der Waals surface area contributed by atoms with Crippen molar-refractivity contribution in [2.45, 2.75) is 46.5 Å². The van der Waals surface area contributed by atoms with Gasteiger partial charge in [0.25, 0.3) is 0 Å². The van der Waals surface area contributed by atoms with Gasteiger partial charge in [0.2, 0.25) is 0 Å². The average molecular weight is 200 g/mol. The van der Waals surface area contributed by atoms with E-state index < -0.39 is 0 Å². The van der Waals surface area contributed by atoms with E-state index in [2.05, 4.69) is 38.8 Å². The van der Waals surface area contributed by atoms with Crippen molar-refractivity contribution in [2.75, 3.05) is 0 Å². The lowest BCUT2D eigenvalue weighted by Crippen LogP contribution is -1.94. The molecule has 0 heterocycles. The van der Waals surface area contributed by atoms with Crippen LogP contribution in [0.2, 0.25) is 0 Å². The summed E-state index contributed by atoms with van der Waals surface area (Å²) in [6.45, 7) is 6.57. The molecule has 80 valence electrons. The van der Waals surface area contributed by atoms with Gasteiger partial charge >= 0.3 is 0 Å². The lowest BCUT2D eigenvalue weighted by Gasteiger charge is -2.10. The second-order valence-electron chi connectivity index (χ2n) is 4.28. The highest BCUT2D eigenvalue weighted by molar-refractivity contribution is 5.37. The van der Waals surface area contributed by atoms with Crippen LogP contribution in [0.3, 0.4) is 0 Å². The summed E-state index contributed by atoms with van der Waals surface area (Å²) in [5.74, 6) is 2.69. The highest BCUT2D eigenvalue weighted by Crippen LogP contribution is 2.18. The Kier molecular flexibility index (Phi) is 4.43. The molecule has 0 N–H and O–H groups in total. The fraction of sp³-hybridized carbons (Fsp3) is 0.467. The van der Waals surface area contributed by atoms with Crippen molar-refractivity contribution in [3.63, 3.8) is 0 Å². The maximum atomic E-state index is 5.24. The van der Waals surface area contributed by atoms with Gasteiger partial charge in [0.05, 0.1) is 0 Å². The second kappa shape index (κ2) is 5.61. The van der Waals surface area contributed by atoms with E-state index in [4.69, 9.17) is 6.42 Å². The molecule has 0 aliphatic carbocycles. The quantitative estimate of drug-likeness (QED) is 0.510. The van der Waals surface area contributed by atoms with Crippen LogP contribution >= 0.6 is 0 Å². The van der Waals surface area contributed by atoms with Gasteiger partial charge in [-0.15, -0.1) is 12.3 Å². The van der Waals surface area contributed by atoms with Gasteiger partial charge in [0.15, 0.2) is 0 Å². The fourth-order valence-corrected chi connectivity index (χ4v) is 1.93. The zero-order chi connectivity index (χ0) is 11.3. The molecule has 0 bridgehead atoms. The molecule has 0 fully saturated rings. The first-order valence-electron chi connectivity index (χ1n) is 5.65. The monoisotopic (exact) mass is 200 g/mol. The number of terminal acetylenes is 1. The van der Waals surface area contributed by atoms with E-state index in [9.17, 15) is 0 Å². The molecule has 0 aromatic heterocycles. The van der Waals surface area contributed by atoms with Crippen LogP contribution in [-0.4, -0.2) is 0 Å². The van der Waals surface area contributed by atoms with Crippen molar-refractivity contribution in [3.8, 4) is 12.3 Å². The molecule has 1 rings (SSSR count).